The lowest BCUT2D eigenvalue weighted by Crippen LogP contribution is -2.69. The number of ether oxygens (including phenoxy) is 1. The van der Waals surface area contributed by atoms with Gasteiger partial charge in [0.25, 0.3) is 5.91 Å². The highest BCUT2D eigenvalue weighted by molar-refractivity contribution is 5.94. The minimum absolute atomic E-state index is 0.0262. The molecule has 2 heterocycles. The number of aliphatic hydroxyl groups is 1. The van der Waals surface area contributed by atoms with E-state index in [4.69, 9.17) is 4.74 Å². The van der Waals surface area contributed by atoms with E-state index in [1.165, 1.54) is 11.1 Å². The largest absolute Gasteiger partial charge is 0.487 e. The van der Waals surface area contributed by atoms with Gasteiger partial charge in [-0.2, -0.15) is 0 Å². The number of benzene rings is 3. The van der Waals surface area contributed by atoms with Gasteiger partial charge < -0.3 is 14.7 Å². The van der Waals surface area contributed by atoms with Crippen LogP contribution >= 0.6 is 0 Å². The van der Waals surface area contributed by atoms with Crippen LogP contribution in [-0.2, 0) is 16.6 Å². The van der Waals surface area contributed by atoms with E-state index in [1.54, 1.807) is 0 Å². The van der Waals surface area contributed by atoms with E-state index >= 15 is 0 Å². The van der Waals surface area contributed by atoms with Gasteiger partial charge >= 0.3 is 0 Å². The molecule has 216 valence electrons. The monoisotopic (exact) mass is 560 g/mol. The molecule has 3 aromatic carbocycles. The number of rotatable bonds is 6. The van der Waals surface area contributed by atoms with Crippen LogP contribution in [0.4, 0.5) is 0 Å². The molecule has 1 amide bonds. The van der Waals surface area contributed by atoms with Gasteiger partial charge in [-0.15, -0.1) is 0 Å². The third-order valence-electron chi connectivity index (χ3n) is 10.2. The van der Waals surface area contributed by atoms with E-state index in [0.717, 1.165) is 49.1 Å². The Kier molecular flexibility index (Phi) is 7.08. The van der Waals surface area contributed by atoms with Crippen molar-refractivity contribution in [3.05, 3.63) is 101 Å². The maximum atomic E-state index is 13.8. The van der Waals surface area contributed by atoms with Crippen LogP contribution in [0.1, 0.15) is 61.5 Å². The van der Waals surface area contributed by atoms with Crippen LogP contribution in [0.2, 0.25) is 0 Å². The molecule has 1 N–H and O–H groups in total. The number of piperidine rings is 1. The summed E-state index contributed by atoms with van der Waals surface area (Å²) in [6.45, 7) is 6.56. The average Bonchev–Trinajstić information content (AvgIpc) is 3.35. The van der Waals surface area contributed by atoms with Gasteiger partial charge in [0.15, 0.2) is 0 Å². The Morgan fingerprint density at radius 3 is 2.57 bits per heavy atom. The van der Waals surface area contributed by atoms with Gasteiger partial charge in [-0.1, -0.05) is 80.4 Å². The average molecular weight is 561 g/mol. The predicted octanol–water partition coefficient (Wildman–Crippen LogP) is 5.36. The first-order valence-electron chi connectivity index (χ1n) is 15.6. The number of amides is 1. The van der Waals surface area contributed by atoms with E-state index in [1.807, 2.05) is 65.6 Å². The fourth-order valence-electron chi connectivity index (χ4n) is 8.60. The van der Waals surface area contributed by atoms with Gasteiger partial charge in [-0.3, -0.25) is 9.69 Å². The molecule has 1 unspecified atom stereocenters. The van der Waals surface area contributed by atoms with Crippen LogP contribution in [0.5, 0.6) is 5.75 Å². The summed E-state index contributed by atoms with van der Waals surface area (Å²) in [5, 5.41) is 11.2. The van der Waals surface area contributed by atoms with Crippen LogP contribution in [-0.4, -0.2) is 58.6 Å². The molecule has 1 saturated heterocycles. The standard InChI is InChI=1S/C37H40N2O3/c1-25(2)23-39(34(41)19-16-26-10-5-3-6-11-26)30-18-17-29-31-22-28-14-9-15-33-35(28)37(29,36(30)42-33)20-21-38(31)24-32(40)27-12-7-4-8-13-27/h3-15,25,29-32,36,40H,17-18,20-24H2,1-2H3/t29-,30+,31+,32?,36-,37-/m0/s1. The molecule has 2 aliphatic heterocycles. The normalized spacial score (nSPS) is 27.8. The minimum atomic E-state index is -0.512. The molecule has 0 radical (unpaired) electrons. The zero-order valence-corrected chi connectivity index (χ0v) is 24.6. The van der Waals surface area contributed by atoms with Crippen LogP contribution < -0.4 is 4.74 Å². The Morgan fingerprint density at radius 2 is 1.81 bits per heavy atom. The van der Waals surface area contributed by atoms with Gasteiger partial charge in [0.2, 0.25) is 0 Å². The highest BCUT2D eigenvalue weighted by Gasteiger charge is 2.66. The maximum absolute atomic E-state index is 13.8. The Morgan fingerprint density at radius 1 is 1.05 bits per heavy atom. The highest BCUT2D eigenvalue weighted by Crippen LogP contribution is 2.62. The molecule has 42 heavy (non-hydrogen) atoms. The van der Waals surface area contributed by atoms with Crippen LogP contribution in [0.25, 0.3) is 0 Å². The lowest BCUT2D eigenvalue weighted by Gasteiger charge is -2.60. The van der Waals surface area contributed by atoms with E-state index in [9.17, 15) is 9.90 Å². The topological polar surface area (TPSA) is 53.0 Å². The first kappa shape index (κ1) is 27.3. The van der Waals surface area contributed by atoms with Crippen LogP contribution in [0.3, 0.4) is 0 Å². The predicted molar refractivity (Wildman–Crippen MR) is 164 cm³/mol. The third-order valence-corrected chi connectivity index (χ3v) is 10.2. The molecule has 2 aliphatic carbocycles. The molecule has 2 bridgehead atoms. The van der Waals surface area contributed by atoms with E-state index in [-0.39, 0.29) is 23.5 Å². The van der Waals surface area contributed by atoms with Crippen molar-refractivity contribution in [2.24, 2.45) is 11.8 Å². The molecule has 3 aromatic rings. The second kappa shape index (κ2) is 10.9. The van der Waals surface area contributed by atoms with Crippen molar-refractivity contribution in [3.63, 3.8) is 0 Å². The number of hydrogen-bond acceptors (Lipinski definition) is 4. The van der Waals surface area contributed by atoms with Crippen LogP contribution in [0, 0.1) is 23.7 Å². The van der Waals surface area contributed by atoms with Crippen molar-refractivity contribution < 1.29 is 14.6 Å². The Labute approximate surface area is 249 Å². The summed E-state index contributed by atoms with van der Waals surface area (Å²) in [6, 6.07) is 26.6. The number of nitrogens with zero attached hydrogens (tertiary/aromatic N) is 2. The zero-order valence-electron chi connectivity index (χ0n) is 24.6. The molecule has 5 nitrogen and oxygen atoms in total. The number of aliphatic hydroxyl groups excluding tert-OH is 1. The quantitative estimate of drug-likeness (QED) is 0.412. The Hall–Kier alpha value is -3.59. The molecule has 1 saturated carbocycles. The summed E-state index contributed by atoms with van der Waals surface area (Å²) < 4.78 is 6.94. The second-order valence-electron chi connectivity index (χ2n) is 13.0. The molecule has 0 aromatic heterocycles. The van der Waals surface area contributed by atoms with Crippen molar-refractivity contribution in [3.8, 4) is 17.6 Å². The molecule has 5 heteroatoms. The van der Waals surface area contributed by atoms with Crippen molar-refractivity contribution in [1.29, 1.82) is 0 Å². The molecule has 2 fully saturated rings. The third kappa shape index (κ3) is 4.53. The van der Waals surface area contributed by atoms with Crippen molar-refractivity contribution in [1.82, 2.24) is 9.80 Å². The van der Waals surface area contributed by atoms with Crippen molar-refractivity contribution in [2.75, 3.05) is 19.6 Å². The number of carbonyl (C=O) groups is 1. The summed E-state index contributed by atoms with van der Waals surface area (Å²) in [6.07, 6.45) is 3.29. The Balaban J connectivity index is 1.22. The lowest BCUT2D eigenvalue weighted by atomic mass is 9.51. The molecule has 4 aliphatic rings. The smallest absolute Gasteiger partial charge is 0.299 e. The fourth-order valence-corrected chi connectivity index (χ4v) is 8.60. The van der Waals surface area contributed by atoms with Crippen molar-refractivity contribution >= 4 is 5.91 Å². The second-order valence-corrected chi connectivity index (χ2v) is 13.0. The maximum Gasteiger partial charge on any atom is 0.299 e. The van der Waals surface area contributed by atoms with Crippen molar-refractivity contribution in [2.45, 2.75) is 69.2 Å². The number of hydrogen-bond donors (Lipinski definition) is 1. The van der Waals surface area contributed by atoms with Gasteiger partial charge in [-0.25, -0.2) is 0 Å². The summed E-state index contributed by atoms with van der Waals surface area (Å²) in [7, 11) is 0. The zero-order chi connectivity index (χ0) is 28.8. The molecule has 7 rings (SSSR count). The van der Waals surface area contributed by atoms with Gasteiger partial charge in [-0.05, 0) is 73.4 Å². The number of carbonyl (C=O) groups excluding carboxylic acids is 1. The van der Waals surface area contributed by atoms with Gasteiger partial charge in [0.05, 0.1) is 12.1 Å². The van der Waals surface area contributed by atoms with E-state index in [0.29, 0.717) is 31.0 Å². The van der Waals surface area contributed by atoms with E-state index < -0.39 is 6.10 Å². The minimum Gasteiger partial charge on any atom is -0.487 e. The molecular formula is C37H40N2O3. The molecular weight excluding hydrogens is 520 g/mol. The number of likely N-dealkylation sites (tertiary alicyclic amines) is 1. The first-order chi connectivity index (χ1) is 20.5. The van der Waals surface area contributed by atoms with Crippen LogP contribution in [0.15, 0.2) is 78.9 Å². The first-order valence-corrected chi connectivity index (χ1v) is 15.6. The van der Waals surface area contributed by atoms with Gasteiger partial charge in [0.1, 0.15) is 11.9 Å². The molecule has 6 atom stereocenters. The summed E-state index contributed by atoms with van der Waals surface area (Å²) in [4.78, 5) is 18.4. The van der Waals surface area contributed by atoms with E-state index in [2.05, 4.69) is 48.8 Å². The number of β-amino-alcohol motifs (C(OH)–C–C–N with tert-alkyl or cyclic N) is 1. The molecule has 1 spiro atoms. The fraction of sp³-hybridized carbons (Fsp3) is 0.432. The highest BCUT2D eigenvalue weighted by atomic mass is 16.5. The summed E-state index contributed by atoms with van der Waals surface area (Å²) in [5.74, 6) is 7.75. The summed E-state index contributed by atoms with van der Waals surface area (Å²) >= 11 is 0. The lowest BCUT2D eigenvalue weighted by molar-refractivity contribution is -0.138. The van der Waals surface area contributed by atoms with Gasteiger partial charge in [0, 0.05) is 41.6 Å². The summed E-state index contributed by atoms with van der Waals surface area (Å²) in [5.41, 5.74) is 4.49. The SMILES string of the molecule is CC(C)CN(C(=O)C#Cc1ccccc1)[C@@H]1CC[C@H]2[C@H]3Cc4cccc5c4[C@@]2(CCN3CC(O)c2ccccc2)[C@H]1O5. The Bertz CT molecular complexity index is 1510.